The molecule has 0 aromatic carbocycles. The van der Waals surface area contributed by atoms with E-state index in [-0.39, 0.29) is 11.9 Å². The number of amides is 1. The third kappa shape index (κ3) is 2.50. The summed E-state index contributed by atoms with van der Waals surface area (Å²) in [7, 11) is 1.81. The number of nitrogens with one attached hydrogen (secondary N) is 1. The number of hydrogen-bond donors (Lipinski definition) is 2. The highest BCUT2D eigenvalue weighted by molar-refractivity contribution is 6.30. The molecule has 0 radical (unpaired) electrons. The van der Waals surface area contributed by atoms with E-state index in [2.05, 4.69) is 15.3 Å². The third-order valence-electron chi connectivity index (χ3n) is 3.31. The summed E-state index contributed by atoms with van der Waals surface area (Å²) in [6.07, 6.45) is 0. The lowest BCUT2D eigenvalue weighted by atomic mass is 10.1. The number of nitrogens with zero attached hydrogens (tertiary/aromatic N) is 3. The molecule has 2 heterocycles. The van der Waals surface area contributed by atoms with Crippen LogP contribution in [-0.4, -0.2) is 46.3 Å². The Hall–Kier alpha value is -1.11. The Bertz CT molecular complexity index is 459. The van der Waals surface area contributed by atoms with Gasteiger partial charge in [-0.25, -0.2) is 0 Å². The van der Waals surface area contributed by atoms with Gasteiger partial charge in [0.25, 0.3) is 0 Å². The van der Waals surface area contributed by atoms with E-state index in [1.54, 1.807) is 4.68 Å². The number of rotatable bonds is 3. The van der Waals surface area contributed by atoms with Crippen molar-refractivity contribution in [2.45, 2.75) is 19.5 Å². The fourth-order valence-corrected chi connectivity index (χ4v) is 2.51. The highest BCUT2D eigenvalue weighted by Crippen LogP contribution is 2.21. The molecular weight excluding hydrogens is 254 g/mol. The van der Waals surface area contributed by atoms with E-state index in [9.17, 15) is 4.79 Å². The second kappa shape index (κ2) is 5.26. The second-order valence-corrected chi connectivity index (χ2v) is 4.93. The van der Waals surface area contributed by atoms with Crippen molar-refractivity contribution < 1.29 is 4.79 Å². The Labute approximate surface area is 111 Å². The van der Waals surface area contributed by atoms with Gasteiger partial charge in [0.15, 0.2) is 0 Å². The third-order valence-corrected chi connectivity index (χ3v) is 3.79. The van der Waals surface area contributed by atoms with Gasteiger partial charge in [0, 0.05) is 38.8 Å². The molecule has 3 N–H and O–H groups in total. The first-order valence-electron chi connectivity index (χ1n) is 5.92. The molecule has 18 heavy (non-hydrogen) atoms. The Morgan fingerprint density at radius 1 is 1.67 bits per heavy atom. The Balaban J connectivity index is 2.18. The van der Waals surface area contributed by atoms with Gasteiger partial charge in [0.2, 0.25) is 5.91 Å². The standard InChI is InChI=1S/C11H18ClN5O/c1-7-8(10(12)16(2)15-7)6-17-4-3-14-5-9(17)11(13)18/h9,14H,3-6H2,1-2H3,(H2,13,18). The topological polar surface area (TPSA) is 76.2 Å². The zero-order valence-corrected chi connectivity index (χ0v) is 11.4. The first-order chi connectivity index (χ1) is 8.50. The number of carbonyl (C=O) groups is 1. The van der Waals surface area contributed by atoms with Gasteiger partial charge in [-0.3, -0.25) is 14.4 Å². The average Bonchev–Trinajstić information content (AvgIpc) is 2.56. The number of aryl methyl sites for hydroxylation is 2. The van der Waals surface area contributed by atoms with Gasteiger partial charge in [0.1, 0.15) is 11.2 Å². The number of halogens is 1. The molecule has 0 saturated carbocycles. The lowest BCUT2D eigenvalue weighted by Crippen LogP contribution is -2.56. The van der Waals surface area contributed by atoms with Crippen LogP contribution < -0.4 is 11.1 Å². The first kappa shape index (κ1) is 13.3. The highest BCUT2D eigenvalue weighted by Gasteiger charge is 2.28. The normalized spacial score (nSPS) is 21.2. The molecule has 1 unspecified atom stereocenters. The second-order valence-electron chi connectivity index (χ2n) is 4.57. The number of piperazine rings is 1. The van der Waals surface area contributed by atoms with Crippen LogP contribution in [0.4, 0.5) is 0 Å². The van der Waals surface area contributed by atoms with Crippen LogP contribution in [0.1, 0.15) is 11.3 Å². The molecule has 0 bridgehead atoms. The number of hydrogen-bond acceptors (Lipinski definition) is 4. The summed E-state index contributed by atoms with van der Waals surface area (Å²) in [4.78, 5) is 13.5. The molecule has 1 aliphatic rings. The lowest BCUT2D eigenvalue weighted by molar-refractivity contribution is -0.124. The first-order valence-corrected chi connectivity index (χ1v) is 6.30. The van der Waals surface area contributed by atoms with Crippen molar-refractivity contribution in [1.29, 1.82) is 0 Å². The van der Waals surface area contributed by atoms with Crippen molar-refractivity contribution in [1.82, 2.24) is 20.0 Å². The van der Waals surface area contributed by atoms with E-state index in [0.717, 1.165) is 24.3 Å². The minimum Gasteiger partial charge on any atom is -0.368 e. The predicted molar refractivity (Wildman–Crippen MR) is 69.2 cm³/mol. The highest BCUT2D eigenvalue weighted by atomic mass is 35.5. The van der Waals surface area contributed by atoms with Gasteiger partial charge in [-0.1, -0.05) is 11.6 Å². The molecule has 1 saturated heterocycles. The summed E-state index contributed by atoms with van der Waals surface area (Å²) in [5.74, 6) is -0.306. The number of carbonyl (C=O) groups excluding carboxylic acids is 1. The van der Waals surface area contributed by atoms with Gasteiger partial charge in [-0.05, 0) is 6.92 Å². The number of aromatic nitrogens is 2. The van der Waals surface area contributed by atoms with Crippen LogP contribution in [0.15, 0.2) is 0 Å². The van der Waals surface area contributed by atoms with Crippen LogP contribution in [0.5, 0.6) is 0 Å². The summed E-state index contributed by atoms with van der Waals surface area (Å²) in [5.41, 5.74) is 7.28. The number of primary amides is 1. The molecule has 1 atom stereocenters. The van der Waals surface area contributed by atoms with Crippen LogP contribution in [0.25, 0.3) is 0 Å². The minimum absolute atomic E-state index is 0.283. The van der Waals surface area contributed by atoms with E-state index >= 15 is 0 Å². The molecule has 1 aliphatic heterocycles. The van der Waals surface area contributed by atoms with E-state index in [1.165, 1.54) is 0 Å². The Kier molecular flexibility index (Phi) is 3.89. The van der Waals surface area contributed by atoms with Crippen LogP contribution in [0, 0.1) is 6.92 Å². The summed E-state index contributed by atoms with van der Waals surface area (Å²) in [6.45, 7) is 4.74. The quantitative estimate of drug-likeness (QED) is 0.787. The lowest BCUT2D eigenvalue weighted by Gasteiger charge is -2.34. The zero-order chi connectivity index (χ0) is 13.3. The Morgan fingerprint density at radius 2 is 2.39 bits per heavy atom. The van der Waals surface area contributed by atoms with E-state index < -0.39 is 0 Å². The maximum absolute atomic E-state index is 11.4. The van der Waals surface area contributed by atoms with Crippen LogP contribution in [-0.2, 0) is 18.4 Å². The van der Waals surface area contributed by atoms with Crippen molar-refractivity contribution in [3.8, 4) is 0 Å². The smallest absolute Gasteiger partial charge is 0.236 e. The summed E-state index contributed by atoms with van der Waals surface area (Å²) >= 11 is 6.20. The van der Waals surface area contributed by atoms with Crippen molar-refractivity contribution in [3.63, 3.8) is 0 Å². The molecule has 0 aliphatic carbocycles. The van der Waals surface area contributed by atoms with Crippen LogP contribution in [0.3, 0.4) is 0 Å². The van der Waals surface area contributed by atoms with E-state index in [1.807, 2.05) is 14.0 Å². The molecule has 0 spiro atoms. The zero-order valence-electron chi connectivity index (χ0n) is 10.6. The maximum atomic E-state index is 11.4. The predicted octanol–water partition coefficient (Wildman–Crippen LogP) is -0.359. The molecule has 6 nitrogen and oxygen atoms in total. The van der Waals surface area contributed by atoms with Crippen molar-refractivity contribution in [2.75, 3.05) is 19.6 Å². The van der Waals surface area contributed by atoms with Gasteiger partial charge >= 0.3 is 0 Å². The summed E-state index contributed by atoms with van der Waals surface area (Å²) < 4.78 is 1.65. The van der Waals surface area contributed by atoms with Crippen molar-refractivity contribution in [2.24, 2.45) is 12.8 Å². The van der Waals surface area contributed by atoms with Gasteiger partial charge < -0.3 is 11.1 Å². The molecule has 2 rings (SSSR count). The van der Waals surface area contributed by atoms with Crippen molar-refractivity contribution >= 4 is 17.5 Å². The molecule has 1 fully saturated rings. The van der Waals surface area contributed by atoms with Crippen LogP contribution >= 0.6 is 11.6 Å². The Morgan fingerprint density at radius 3 is 2.94 bits per heavy atom. The molecule has 1 aromatic heterocycles. The van der Waals surface area contributed by atoms with E-state index in [4.69, 9.17) is 17.3 Å². The summed E-state index contributed by atoms with van der Waals surface area (Å²) in [5, 5.41) is 8.06. The van der Waals surface area contributed by atoms with Gasteiger partial charge in [0.05, 0.1) is 5.69 Å². The monoisotopic (exact) mass is 271 g/mol. The minimum atomic E-state index is -0.306. The maximum Gasteiger partial charge on any atom is 0.236 e. The summed E-state index contributed by atoms with van der Waals surface area (Å²) in [6, 6.07) is -0.283. The SMILES string of the molecule is Cc1nn(C)c(Cl)c1CN1CCNCC1C(N)=O. The molecule has 1 aromatic rings. The van der Waals surface area contributed by atoms with Crippen LogP contribution in [0.2, 0.25) is 5.15 Å². The number of nitrogens with two attached hydrogens (primary N) is 1. The fraction of sp³-hybridized carbons (Fsp3) is 0.636. The van der Waals surface area contributed by atoms with E-state index in [0.29, 0.717) is 18.2 Å². The molecular formula is C11H18ClN5O. The van der Waals surface area contributed by atoms with Crippen molar-refractivity contribution in [3.05, 3.63) is 16.4 Å². The molecule has 100 valence electrons. The molecule has 1 amide bonds. The molecule has 7 heteroatoms. The average molecular weight is 272 g/mol. The van der Waals surface area contributed by atoms with Gasteiger partial charge in [-0.2, -0.15) is 5.10 Å². The van der Waals surface area contributed by atoms with Gasteiger partial charge in [-0.15, -0.1) is 0 Å². The fourth-order valence-electron chi connectivity index (χ4n) is 2.27. The largest absolute Gasteiger partial charge is 0.368 e.